The van der Waals surface area contributed by atoms with Crippen LogP contribution in [0.25, 0.3) is 5.69 Å². The smallest absolute Gasteiger partial charge is 0.220 e. The van der Waals surface area contributed by atoms with Crippen LogP contribution >= 0.6 is 50.9 Å². The van der Waals surface area contributed by atoms with Gasteiger partial charge in [-0.2, -0.15) is 0 Å². The molecule has 4 rings (SSSR count). The molecule has 0 aliphatic heterocycles. The van der Waals surface area contributed by atoms with E-state index in [2.05, 4.69) is 26.1 Å². The zero-order chi connectivity index (χ0) is 27.2. The zero-order valence-corrected chi connectivity index (χ0v) is 24.4. The summed E-state index contributed by atoms with van der Waals surface area (Å²) < 4.78 is 14.4. The lowest BCUT2D eigenvalue weighted by Gasteiger charge is -2.19. The van der Waals surface area contributed by atoms with Crippen molar-refractivity contribution in [1.29, 1.82) is 0 Å². The topological polar surface area (TPSA) is 92.3 Å². The summed E-state index contributed by atoms with van der Waals surface area (Å²) in [4.78, 5) is 11.3. The van der Waals surface area contributed by atoms with Gasteiger partial charge in [0.1, 0.15) is 17.7 Å². The highest BCUT2D eigenvalue weighted by molar-refractivity contribution is 9.10. The van der Waals surface area contributed by atoms with Crippen LogP contribution in [0, 0.1) is 17.0 Å². The van der Waals surface area contributed by atoms with Crippen LogP contribution in [0.4, 0.5) is 0 Å². The van der Waals surface area contributed by atoms with Crippen molar-refractivity contribution >= 4 is 50.9 Å². The fourth-order valence-corrected chi connectivity index (χ4v) is 5.77. The molecule has 0 bridgehead atoms. The van der Waals surface area contributed by atoms with Crippen LogP contribution < -0.4 is 9.47 Å². The van der Waals surface area contributed by atoms with Crippen LogP contribution in [-0.2, 0) is 6.61 Å². The quantitative estimate of drug-likeness (QED) is 0.0943. The summed E-state index contributed by atoms with van der Waals surface area (Å²) in [7, 11) is 0. The summed E-state index contributed by atoms with van der Waals surface area (Å²) in [6.45, 7) is 3.96. The highest BCUT2D eigenvalue weighted by atomic mass is 79.9. The van der Waals surface area contributed by atoms with Gasteiger partial charge < -0.3 is 9.47 Å². The molecule has 1 atom stereocenters. The van der Waals surface area contributed by atoms with Gasteiger partial charge in [-0.05, 0) is 77.8 Å². The van der Waals surface area contributed by atoms with Gasteiger partial charge in [0.05, 0.1) is 11.1 Å². The Morgan fingerprint density at radius 2 is 1.84 bits per heavy atom. The lowest BCUT2D eigenvalue weighted by molar-refractivity contribution is -0.479. The number of aromatic nitrogens is 3. The molecule has 4 aromatic rings. The van der Waals surface area contributed by atoms with Gasteiger partial charge in [0.15, 0.2) is 16.7 Å². The van der Waals surface area contributed by atoms with Crippen molar-refractivity contribution < 1.29 is 14.4 Å². The first-order valence-corrected chi connectivity index (χ1v) is 14.0. The fraction of sp³-hybridized carbons (Fsp3) is 0.231. The second-order valence-corrected chi connectivity index (χ2v) is 11.0. The van der Waals surface area contributed by atoms with Crippen molar-refractivity contribution in [2.45, 2.75) is 30.9 Å². The van der Waals surface area contributed by atoms with E-state index in [-0.39, 0.29) is 18.1 Å². The number of rotatable bonds is 11. The van der Waals surface area contributed by atoms with Crippen molar-refractivity contribution in [3.8, 4) is 17.2 Å². The Hall–Kier alpha value is -2.79. The standard InChI is InChI=1S/C26H23BrCl2N4O4S/c1-3-36-23-13-18(12-21(27)25(23)37-15-17-6-4-5-7-22(17)29)24(14-32(34)35)38-26-31-30-16(2)33(26)20-10-8-19(28)9-11-20/h4-13,24H,3,14-15H2,1-2H3/t24-/m0/s1. The third kappa shape index (κ3) is 6.79. The van der Waals surface area contributed by atoms with E-state index in [1.165, 1.54) is 11.8 Å². The highest BCUT2D eigenvalue weighted by Gasteiger charge is 2.26. The summed E-state index contributed by atoms with van der Waals surface area (Å²) >= 11 is 17.2. The number of hydrogen-bond acceptors (Lipinski definition) is 7. The Labute approximate surface area is 242 Å². The number of aryl methyl sites for hydroxylation is 1. The van der Waals surface area contributed by atoms with Crippen LogP contribution in [0.2, 0.25) is 10.0 Å². The lowest BCUT2D eigenvalue weighted by Crippen LogP contribution is -2.12. The molecular weight excluding hydrogens is 615 g/mol. The molecule has 0 spiro atoms. The van der Waals surface area contributed by atoms with Crippen LogP contribution in [-0.4, -0.2) is 32.8 Å². The van der Waals surface area contributed by atoms with E-state index in [0.29, 0.717) is 49.2 Å². The van der Waals surface area contributed by atoms with Gasteiger partial charge in [0.25, 0.3) is 0 Å². The van der Waals surface area contributed by atoms with E-state index in [9.17, 15) is 10.1 Å². The molecule has 0 amide bonds. The summed E-state index contributed by atoms with van der Waals surface area (Å²) in [5, 5.41) is 21.3. The van der Waals surface area contributed by atoms with Crippen LogP contribution in [0.5, 0.6) is 11.5 Å². The predicted octanol–water partition coefficient (Wildman–Crippen LogP) is 7.73. The van der Waals surface area contributed by atoms with E-state index in [1.54, 1.807) is 24.3 Å². The Bertz CT molecular complexity index is 1440. The van der Waals surface area contributed by atoms with Crippen LogP contribution in [0.15, 0.2) is 70.3 Å². The third-order valence-electron chi connectivity index (χ3n) is 5.48. The molecular formula is C26H23BrCl2N4O4S. The molecule has 1 aromatic heterocycles. The summed E-state index contributed by atoms with van der Waals surface area (Å²) in [6.07, 6.45) is 0. The molecule has 0 aliphatic carbocycles. The number of thioether (sulfide) groups is 1. The minimum Gasteiger partial charge on any atom is -0.490 e. The summed E-state index contributed by atoms with van der Waals surface area (Å²) in [5.74, 6) is 1.60. The molecule has 0 saturated carbocycles. The van der Waals surface area contributed by atoms with E-state index in [1.807, 2.05) is 54.8 Å². The van der Waals surface area contributed by atoms with Crippen LogP contribution in [0.1, 0.15) is 29.1 Å². The maximum Gasteiger partial charge on any atom is 0.220 e. The average Bonchev–Trinajstić information content (AvgIpc) is 3.24. The molecule has 1 heterocycles. The van der Waals surface area contributed by atoms with E-state index in [4.69, 9.17) is 32.7 Å². The molecule has 0 N–H and O–H groups in total. The molecule has 12 heteroatoms. The maximum absolute atomic E-state index is 11.7. The molecule has 0 unspecified atom stereocenters. The SMILES string of the molecule is CCOc1cc([C@H](C[N+](=O)[O-])Sc2nnc(C)n2-c2ccc(Cl)cc2)cc(Br)c1OCc1ccccc1Cl. The number of hydrogen-bond donors (Lipinski definition) is 0. The lowest BCUT2D eigenvalue weighted by atomic mass is 10.1. The molecule has 8 nitrogen and oxygen atoms in total. The normalized spacial score (nSPS) is 11.8. The van der Waals surface area contributed by atoms with Gasteiger partial charge >= 0.3 is 0 Å². The number of nitro groups is 1. The van der Waals surface area contributed by atoms with Crippen LogP contribution in [0.3, 0.4) is 0 Å². The largest absolute Gasteiger partial charge is 0.490 e. The fourth-order valence-electron chi connectivity index (χ4n) is 3.72. The Kier molecular flexibility index (Phi) is 9.54. The number of nitrogens with zero attached hydrogens (tertiary/aromatic N) is 4. The second-order valence-electron chi connectivity index (χ2n) is 8.11. The average molecular weight is 638 g/mol. The Balaban J connectivity index is 1.67. The van der Waals surface area contributed by atoms with Crippen molar-refractivity contribution in [1.82, 2.24) is 14.8 Å². The molecule has 3 aromatic carbocycles. The van der Waals surface area contributed by atoms with Gasteiger partial charge in [-0.1, -0.05) is 53.2 Å². The van der Waals surface area contributed by atoms with Crippen molar-refractivity contribution in [2.24, 2.45) is 0 Å². The van der Waals surface area contributed by atoms with Gasteiger partial charge in [0, 0.05) is 26.2 Å². The molecule has 198 valence electrons. The first-order chi connectivity index (χ1) is 18.3. The minimum atomic E-state index is -0.590. The molecule has 0 radical (unpaired) electrons. The number of benzene rings is 3. The number of ether oxygens (including phenoxy) is 2. The van der Waals surface area contributed by atoms with Crippen molar-refractivity contribution in [3.63, 3.8) is 0 Å². The van der Waals surface area contributed by atoms with E-state index < -0.39 is 5.25 Å². The van der Waals surface area contributed by atoms with Crippen molar-refractivity contribution in [2.75, 3.05) is 13.2 Å². The first kappa shape index (κ1) is 28.2. The molecule has 38 heavy (non-hydrogen) atoms. The predicted molar refractivity (Wildman–Crippen MR) is 153 cm³/mol. The van der Waals surface area contributed by atoms with Crippen molar-refractivity contribution in [3.05, 3.63) is 102 Å². The Morgan fingerprint density at radius 1 is 1.11 bits per heavy atom. The molecule has 0 saturated heterocycles. The first-order valence-electron chi connectivity index (χ1n) is 11.6. The number of halogens is 3. The summed E-state index contributed by atoms with van der Waals surface area (Å²) in [5.41, 5.74) is 2.31. The van der Waals surface area contributed by atoms with E-state index >= 15 is 0 Å². The monoisotopic (exact) mass is 636 g/mol. The maximum atomic E-state index is 11.7. The minimum absolute atomic E-state index is 0.230. The molecule has 0 aliphatic rings. The van der Waals surface area contributed by atoms with E-state index in [0.717, 1.165) is 11.3 Å². The molecule has 0 fully saturated rings. The van der Waals surface area contributed by atoms with Gasteiger partial charge in [-0.3, -0.25) is 14.7 Å². The summed E-state index contributed by atoms with van der Waals surface area (Å²) in [6, 6.07) is 18.2. The third-order valence-corrected chi connectivity index (χ3v) is 7.87. The Morgan fingerprint density at radius 3 is 2.53 bits per heavy atom. The highest BCUT2D eigenvalue weighted by Crippen LogP contribution is 2.43. The van der Waals surface area contributed by atoms with Gasteiger partial charge in [0.2, 0.25) is 6.54 Å². The second kappa shape index (κ2) is 12.8. The zero-order valence-electron chi connectivity index (χ0n) is 20.4. The van der Waals surface area contributed by atoms with Gasteiger partial charge in [-0.15, -0.1) is 10.2 Å². The van der Waals surface area contributed by atoms with Gasteiger partial charge in [-0.25, -0.2) is 0 Å².